The maximum Gasteiger partial charge on any atom is 0.268 e. The first kappa shape index (κ1) is 20.3. The molecule has 6 nitrogen and oxygen atoms in total. The number of halogens is 1. The van der Waals surface area contributed by atoms with Crippen LogP contribution in [0.4, 0.5) is 4.39 Å². The average molecular weight is 411 g/mol. The molecule has 2 aromatic rings. The molecule has 158 valence electrons. The van der Waals surface area contributed by atoms with Crippen LogP contribution in [0.3, 0.4) is 0 Å². The van der Waals surface area contributed by atoms with E-state index in [1.54, 1.807) is 16.0 Å². The van der Waals surface area contributed by atoms with Crippen LogP contribution < -0.4 is 5.56 Å². The molecule has 1 aromatic heterocycles. The highest BCUT2D eigenvalue weighted by Crippen LogP contribution is 2.24. The minimum atomic E-state index is -0.395. The van der Waals surface area contributed by atoms with E-state index in [1.165, 1.54) is 35.8 Å². The minimum Gasteiger partial charge on any atom is -0.338 e. The van der Waals surface area contributed by atoms with Gasteiger partial charge in [0, 0.05) is 45.0 Å². The summed E-state index contributed by atoms with van der Waals surface area (Å²) in [6, 6.07) is 5.63. The second-order valence-corrected chi connectivity index (χ2v) is 8.06. The highest BCUT2D eigenvalue weighted by atomic mass is 19.1. The van der Waals surface area contributed by atoms with Crippen molar-refractivity contribution in [2.45, 2.75) is 45.6 Å². The molecule has 1 aromatic carbocycles. The molecule has 1 saturated heterocycles. The van der Waals surface area contributed by atoms with Crippen molar-refractivity contribution in [1.29, 1.82) is 0 Å². The number of rotatable bonds is 2. The number of likely N-dealkylation sites (tertiary alicyclic amines) is 1. The van der Waals surface area contributed by atoms with Crippen molar-refractivity contribution >= 4 is 11.8 Å². The molecule has 0 saturated carbocycles. The molecule has 3 heterocycles. The predicted molar refractivity (Wildman–Crippen MR) is 111 cm³/mol. The Morgan fingerprint density at radius 1 is 0.933 bits per heavy atom. The summed E-state index contributed by atoms with van der Waals surface area (Å²) in [6.45, 7) is 3.66. The molecule has 2 aliphatic rings. The van der Waals surface area contributed by atoms with Gasteiger partial charge in [-0.1, -0.05) is 12.8 Å². The molecule has 7 heteroatoms. The van der Waals surface area contributed by atoms with Gasteiger partial charge in [-0.05, 0) is 54.7 Å². The van der Waals surface area contributed by atoms with Gasteiger partial charge in [-0.3, -0.25) is 19.0 Å². The molecule has 0 atom stereocenters. The third-order valence-corrected chi connectivity index (χ3v) is 6.06. The molecule has 4 rings (SSSR count). The van der Waals surface area contributed by atoms with Crippen LogP contribution in [0.2, 0.25) is 0 Å². The van der Waals surface area contributed by atoms with Crippen molar-refractivity contribution < 1.29 is 14.0 Å². The summed E-state index contributed by atoms with van der Waals surface area (Å²) in [7, 11) is 0. The quantitative estimate of drug-likeness (QED) is 0.763. The second-order valence-electron chi connectivity index (χ2n) is 8.06. The van der Waals surface area contributed by atoms with E-state index in [2.05, 4.69) is 0 Å². The molecule has 1 fully saturated rings. The molecule has 2 amide bonds. The van der Waals surface area contributed by atoms with Crippen molar-refractivity contribution in [3.05, 3.63) is 63.3 Å². The Morgan fingerprint density at radius 2 is 1.60 bits per heavy atom. The van der Waals surface area contributed by atoms with E-state index >= 15 is 0 Å². The summed E-state index contributed by atoms with van der Waals surface area (Å²) in [5.41, 5.74) is 1.84. The van der Waals surface area contributed by atoms with Crippen LogP contribution in [0, 0.1) is 5.82 Å². The molecule has 0 aliphatic carbocycles. The summed E-state index contributed by atoms with van der Waals surface area (Å²) in [5, 5.41) is 0. The number of carbonyl (C=O) groups excluding carboxylic acids is 2. The van der Waals surface area contributed by atoms with Gasteiger partial charge in [0.1, 0.15) is 11.4 Å². The zero-order valence-electron chi connectivity index (χ0n) is 17.2. The summed E-state index contributed by atoms with van der Waals surface area (Å²) in [4.78, 5) is 42.3. The van der Waals surface area contributed by atoms with Gasteiger partial charge >= 0.3 is 0 Å². The van der Waals surface area contributed by atoms with Crippen molar-refractivity contribution in [3.63, 3.8) is 0 Å². The van der Waals surface area contributed by atoms with Gasteiger partial charge in [0.15, 0.2) is 0 Å². The molecule has 0 radical (unpaired) electrons. The summed E-state index contributed by atoms with van der Waals surface area (Å²) < 4.78 is 14.8. The maximum atomic E-state index is 13.5. The molecule has 2 aliphatic heterocycles. The van der Waals surface area contributed by atoms with Gasteiger partial charge in [0.25, 0.3) is 11.5 Å². The van der Waals surface area contributed by atoms with E-state index in [0.29, 0.717) is 38.3 Å². The van der Waals surface area contributed by atoms with Crippen LogP contribution in [0.15, 0.2) is 35.3 Å². The van der Waals surface area contributed by atoms with Crippen LogP contribution in [0.25, 0.3) is 5.69 Å². The number of benzene rings is 1. The lowest BCUT2D eigenvalue weighted by Crippen LogP contribution is -2.42. The van der Waals surface area contributed by atoms with E-state index in [4.69, 9.17) is 0 Å². The number of fused-ring (bicyclic) bond motifs is 1. The normalized spacial score (nSPS) is 16.7. The molecule has 0 unspecified atom stereocenters. The first-order valence-corrected chi connectivity index (χ1v) is 10.5. The van der Waals surface area contributed by atoms with E-state index in [9.17, 15) is 18.8 Å². The van der Waals surface area contributed by atoms with Crippen LogP contribution in [0.1, 0.15) is 54.1 Å². The average Bonchev–Trinajstić information content (AvgIpc) is 3.03. The third kappa shape index (κ3) is 3.88. The Morgan fingerprint density at radius 3 is 2.23 bits per heavy atom. The van der Waals surface area contributed by atoms with Gasteiger partial charge < -0.3 is 9.80 Å². The lowest BCUT2D eigenvalue weighted by atomic mass is 9.95. The number of hydrogen-bond donors (Lipinski definition) is 0. The Balaban J connectivity index is 1.85. The Bertz CT molecular complexity index is 1020. The monoisotopic (exact) mass is 411 g/mol. The molecule has 0 spiro atoms. The fourth-order valence-electron chi connectivity index (χ4n) is 4.37. The third-order valence-electron chi connectivity index (χ3n) is 6.06. The Kier molecular flexibility index (Phi) is 5.70. The van der Waals surface area contributed by atoms with Gasteiger partial charge in [-0.25, -0.2) is 4.39 Å². The first-order chi connectivity index (χ1) is 14.5. The van der Waals surface area contributed by atoms with E-state index in [-0.39, 0.29) is 22.9 Å². The number of pyridine rings is 1. The van der Waals surface area contributed by atoms with Gasteiger partial charge in [0.2, 0.25) is 5.91 Å². The van der Waals surface area contributed by atoms with Crippen molar-refractivity contribution in [2.75, 3.05) is 19.6 Å². The lowest BCUT2D eigenvalue weighted by molar-refractivity contribution is -0.129. The fourth-order valence-corrected chi connectivity index (χ4v) is 4.37. The SMILES string of the molecule is CC(=O)N1CCc2c(cn(-c3ccc(F)cc3)c(=O)c2C(=O)N2CCCCCC2)C1. The van der Waals surface area contributed by atoms with E-state index < -0.39 is 5.82 Å². The fraction of sp³-hybridized carbons (Fsp3) is 0.435. The standard InChI is InChI=1S/C23H26FN3O3/c1-16(28)26-13-10-20-17(14-26)15-27(19-8-6-18(24)7-9-19)23(30)21(20)22(29)25-11-4-2-3-5-12-25/h6-9,15H,2-5,10-14H2,1H3. The number of carbonyl (C=O) groups is 2. The number of hydrogen-bond acceptors (Lipinski definition) is 3. The van der Waals surface area contributed by atoms with Crippen LogP contribution in [0.5, 0.6) is 0 Å². The van der Waals surface area contributed by atoms with Crippen molar-refractivity contribution in [1.82, 2.24) is 14.4 Å². The Labute approximate surface area is 174 Å². The number of nitrogens with zero attached hydrogens (tertiary/aromatic N) is 3. The van der Waals surface area contributed by atoms with E-state index in [1.807, 2.05) is 0 Å². The van der Waals surface area contributed by atoms with Crippen LogP contribution >= 0.6 is 0 Å². The van der Waals surface area contributed by atoms with Gasteiger partial charge in [0.05, 0.1) is 0 Å². The second kappa shape index (κ2) is 8.42. The van der Waals surface area contributed by atoms with Crippen molar-refractivity contribution in [2.24, 2.45) is 0 Å². The van der Waals surface area contributed by atoms with Gasteiger partial charge in [-0.15, -0.1) is 0 Å². The lowest BCUT2D eigenvalue weighted by Gasteiger charge is -2.31. The molecular formula is C23H26FN3O3. The summed E-state index contributed by atoms with van der Waals surface area (Å²) >= 11 is 0. The summed E-state index contributed by atoms with van der Waals surface area (Å²) in [6.07, 6.45) is 6.21. The van der Waals surface area contributed by atoms with Crippen LogP contribution in [-0.2, 0) is 17.8 Å². The molecule has 0 bridgehead atoms. The highest BCUT2D eigenvalue weighted by Gasteiger charge is 2.30. The zero-order valence-corrected chi connectivity index (χ0v) is 17.2. The summed E-state index contributed by atoms with van der Waals surface area (Å²) in [5.74, 6) is -0.667. The van der Waals surface area contributed by atoms with E-state index in [0.717, 1.165) is 36.8 Å². The molecule has 30 heavy (non-hydrogen) atoms. The largest absolute Gasteiger partial charge is 0.338 e. The highest BCUT2D eigenvalue weighted by molar-refractivity contribution is 5.96. The topological polar surface area (TPSA) is 62.6 Å². The minimum absolute atomic E-state index is 0.0411. The Hall–Kier alpha value is -2.96. The smallest absolute Gasteiger partial charge is 0.268 e. The van der Waals surface area contributed by atoms with Crippen molar-refractivity contribution in [3.8, 4) is 5.69 Å². The predicted octanol–water partition coefficient (Wildman–Crippen LogP) is 2.90. The molecule has 0 N–H and O–H groups in total. The zero-order chi connectivity index (χ0) is 21.3. The number of amides is 2. The number of aromatic nitrogens is 1. The van der Waals surface area contributed by atoms with Gasteiger partial charge in [-0.2, -0.15) is 0 Å². The molecular weight excluding hydrogens is 385 g/mol. The van der Waals surface area contributed by atoms with Crippen LogP contribution in [-0.4, -0.2) is 45.8 Å². The maximum absolute atomic E-state index is 13.5. The first-order valence-electron chi connectivity index (χ1n) is 10.5.